The molecule has 0 aromatic carbocycles. The Kier molecular flexibility index (Phi) is 3.90. The zero-order chi connectivity index (χ0) is 12.4. The number of aromatic nitrogens is 2. The molecule has 1 unspecified atom stereocenters. The summed E-state index contributed by atoms with van der Waals surface area (Å²) >= 11 is 0. The predicted octanol–water partition coefficient (Wildman–Crippen LogP) is -0.253. The third-order valence-electron chi connectivity index (χ3n) is 2.82. The van der Waals surface area contributed by atoms with Crippen molar-refractivity contribution in [1.82, 2.24) is 4.57 Å². The van der Waals surface area contributed by atoms with E-state index in [1.807, 2.05) is 34.9 Å². The fourth-order valence-corrected chi connectivity index (χ4v) is 1.86. The summed E-state index contributed by atoms with van der Waals surface area (Å²) in [6.07, 6.45) is 5.64. The SMILES string of the molecule is COC(C)(OC)C([Si])(OC)n1cc[n+](C)c1. The number of imidazole rings is 1. The number of ether oxygens (including phenoxy) is 3. The molecule has 1 atom stereocenters. The molecule has 0 saturated heterocycles. The summed E-state index contributed by atoms with van der Waals surface area (Å²) in [4.78, 5) is 0. The van der Waals surface area contributed by atoms with Gasteiger partial charge in [0.15, 0.2) is 0 Å². The second kappa shape index (κ2) is 4.66. The first-order chi connectivity index (χ1) is 7.43. The second-order valence-electron chi connectivity index (χ2n) is 3.69. The van der Waals surface area contributed by atoms with Gasteiger partial charge in [0.25, 0.3) is 0 Å². The molecule has 16 heavy (non-hydrogen) atoms. The Morgan fingerprint density at radius 1 is 1.19 bits per heavy atom. The maximum atomic E-state index is 5.50. The van der Waals surface area contributed by atoms with Crippen LogP contribution in [-0.2, 0) is 26.6 Å². The van der Waals surface area contributed by atoms with E-state index in [1.165, 1.54) is 0 Å². The third kappa shape index (κ3) is 1.93. The van der Waals surface area contributed by atoms with Gasteiger partial charge in [0.1, 0.15) is 22.6 Å². The summed E-state index contributed by atoms with van der Waals surface area (Å²) in [6, 6.07) is 0. The Balaban J connectivity index is 3.20. The minimum absolute atomic E-state index is 0.933. The Hall–Kier alpha value is -0.693. The standard InChI is InChI=1S/C10H18N2O3Si/c1-9(13-3,14-4)10(16,15-5)12-7-6-11(2)8-12/h6-8H,1-5H3/q+1. The Morgan fingerprint density at radius 3 is 2.06 bits per heavy atom. The van der Waals surface area contributed by atoms with Gasteiger partial charge < -0.3 is 14.2 Å². The van der Waals surface area contributed by atoms with Crippen LogP contribution in [0.2, 0.25) is 0 Å². The van der Waals surface area contributed by atoms with E-state index in [4.69, 9.17) is 14.2 Å². The van der Waals surface area contributed by atoms with Crippen LogP contribution in [0.15, 0.2) is 18.7 Å². The summed E-state index contributed by atoms with van der Waals surface area (Å²) in [7, 11) is 10.2. The predicted molar refractivity (Wildman–Crippen MR) is 58.8 cm³/mol. The molecular weight excluding hydrogens is 224 g/mol. The van der Waals surface area contributed by atoms with Gasteiger partial charge in [0.2, 0.25) is 17.5 Å². The van der Waals surface area contributed by atoms with Gasteiger partial charge in [-0.2, -0.15) is 0 Å². The van der Waals surface area contributed by atoms with E-state index in [-0.39, 0.29) is 0 Å². The molecular formula is C10H18N2O3Si+. The molecule has 1 heterocycles. The number of hydrogen-bond acceptors (Lipinski definition) is 3. The fraction of sp³-hybridized carbons (Fsp3) is 0.700. The number of nitrogens with zero attached hydrogens (tertiary/aromatic N) is 2. The number of methoxy groups -OCH3 is 3. The molecule has 6 heteroatoms. The van der Waals surface area contributed by atoms with E-state index in [0.717, 1.165) is 0 Å². The molecule has 89 valence electrons. The van der Waals surface area contributed by atoms with Crippen LogP contribution >= 0.6 is 0 Å². The van der Waals surface area contributed by atoms with Crippen LogP contribution in [0.3, 0.4) is 0 Å². The second-order valence-corrected chi connectivity index (χ2v) is 4.37. The molecule has 3 radical (unpaired) electrons. The van der Waals surface area contributed by atoms with Crippen molar-refractivity contribution in [3.63, 3.8) is 0 Å². The zero-order valence-electron chi connectivity index (χ0n) is 10.4. The van der Waals surface area contributed by atoms with Gasteiger partial charge in [-0.3, -0.25) is 0 Å². The molecule has 0 spiro atoms. The lowest BCUT2D eigenvalue weighted by atomic mass is 10.2. The van der Waals surface area contributed by atoms with E-state index >= 15 is 0 Å². The molecule has 0 aliphatic heterocycles. The molecule has 0 amide bonds. The first-order valence-electron chi connectivity index (χ1n) is 4.87. The molecule has 1 aromatic rings. The summed E-state index contributed by atoms with van der Waals surface area (Å²) in [5, 5.41) is -0.933. The summed E-state index contributed by atoms with van der Waals surface area (Å²) in [6.45, 7) is 1.80. The van der Waals surface area contributed by atoms with Crippen LogP contribution in [0.5, 0.6) is 0 Å². The first kappa shape index (κ1) is 13.4. The van der Waals surface area contributed by atoms with Crippen LogP contribution in [0.25, 0.3) is 0 Å². The van der Waals surface area contributed by atoms with Crippen molar-refractivity contribution in [1.29, 1.82) is 0 Å². The maximum absolute atomic E-state index is 5.50. The van der Waals surface area contributed by atoms with Crippen LogP contribution in [0.4, 0.5) is 0 Å². The quantitative estimate of drug-likeness (QED) is 0.406. The van der Waals surface area contributed by atoms with Crippen LogP contribution in [0.1, 0.15) is 6.92 Å². The average molecular weight is 242 g/mol. The topological polar surface area (TPSA) is 36.5 Å². The monoisotopic (exact) mass is 242 g/mol. The molecule has 0 saturated carbocycles. The largest absolute Gasteiger partial charge is 0.348 e. The van der Waals surface area contributed by atoms with E-state index in [0.29, 0.717) is 0 Å². The van der Waals surface area contributed by atoms with Gasteiger partial charge in [-0.1, -0.05) is 0 Å². The smallest absolute Gasteiger partial charge is 0.245 e. The van der Waals surface area contributed by atoms with Gasteiger partial charge in [-0.15, -0.1) is 0 Å². The molecule has 0 N–H and O–H groups in total. The van der Waals surface area contributed by atoms with E-state index in [1.54, 1.807) is 28.3 Å². The number of aryl methyl sites for hydroxylation is 1. The highest BCUT2D eigenvalue weighted by Crippen LogP contribution is 2.31. The lowest BCUT2D eigenvalue weighted by Crippen LogP contribution is -2.58. The lowest BCUT2D eigenvalue weighted by molar-refractivity contribution is -0.671. The maximum Gasteiger partial charge on any atom is 0.245 e. The lowest BCUT2D eigenvalue weighted by Gasteiger charge is -2.39. The Morgan fingerprint density at radius 2 is 1.75 bits per heavy atom. The van der Waals surface area contributed by atoms with E-state index in [9.17, 15) is 0 Å². The molecule has 0 bridgehead atoms. The summed E-state index contributed by atoms with van der Waals surface area (Å²) in [5.41, 5.74) is 0. The van der Waals surface area contributed by atoms with Gasteiger partial charge in [-0.05, 0) is 6.92 Å². The molecule has 0 aliphatic carbocycles. The summed E-state index contributed by atoms with van der Waals surface area (Å²) in [5.74, 6) is -0.954. The number of rotatable bonds is 5. The highest BCUT2D eigenvalue weighted by molar-refractivity contribution is 6.13. The van der Waals surface area contributed by atoms with E-state index in [2.05, 4.69) is 10.2 Å². The van der Waals surface area contributed by atoms with E-state index < -0.39 is 11.1 Å². The molecule has 0 fully saturated rings. The van der Waals surface area contributed by atoms with Crippen LogP contribution in [0, 0.1) is 0 Å². The van der Waals surface area contributed by atoms with Crippen LogP contribution < -0.4 is 4.57 Å². The minimum Gasteiger partial charge on any atom is -0.348 e. The van der Waals surface area contributed by atoms with Crippen molar-refractivity contribution < 1.29 is 18.8 Å². The van der Waals surface area contributed by atoms with Gasteiger partial charge >= 0.3 is 0 Å². The first-order valence-corrected chi connectivity index (χ1v) is 5.37. The Labute approximate surface area is 99.3 Å². The van der Waals surface area contributed by atoms with Crippen molar-refractivity contribution in [3.8, 4) is 0 Å². The minimum atomic E-state index is -0.954. The Bertz CT molecular complexity index is 352. The van der Waals surface area contributed by atoms with Gasteiger partial charge in [0, 0.05) is 21.3 Å². The van der Waals surface area contributed by atoms with Crippen LogP contribution in [-0.4, -0.2) is 41.9 Å². The summed E-state index contributed by atoms with van der Waals surface area (Å²) < 4.78 is 20.0. The number of hydrogen-bond donors (Lipinski definition) is 0. The molecule has 1 aromatic heterocycles. The van der Waals surface area contributed by atoms with Gasteiger partial charge in [-0.25, -0.2) is 9.13 Å². The highest BCUT2D eigenvalue weighted by Gasteiger charge is 2.51. The van der Waals surface area contributed by atoms with Crippen molar-refractivity contribution in [3.05, 3.63) is 18.7 Å². The fourth-order valence-electron chi connectivity index (χ4n) is 1.52. The third-order valence-corrected chi connectivity index (χ3v) is 3.74. The molecule has 1 rings (SSSR count). The zero-order valence-corrected chi connectivity index (χ0v) is 11.4. The van der Waals surface area contributed by atoms with Crippen molar-refractivity contribution in [2.45, 2.75) is 18.1 Å². The van der Waals surface area contributed by atoms with Crippen molar-refractivity contribution >= 4 is 10.2 Å². The molecule has 0 aliphatic rings. The average Bonchev–Trinajstić information content (AvgIpc) is 2.73. The van der Waals surface area contributed by atoms with Crippen molar-refractivity contribution in [2.24, 2.45) is 7.05 Å². The van der Waals surface area contributed by atoms with Gasteiger partial charge in [0.05, 0.1) is 7.05 Å². The highest BCUT2D eigenvalue weighted by atomic mass is 28.1. The van der Waals surface area contributed by atoms with Crippen molar-refractivity contribution in [2.75, 3.05) is 21.3 Å². The normalized spacial score (nSPS) is 16.1. The molecule has 5 nitrogen and oxygen atoms in total.